The van der Waals surface area contributed by atoms with Crippen molar-refractivity contribution in [3.05, 3.63) is 76.3 Å². The lowest BCUT2D eigenvalue weighted by Gasteiger charge is -2.15. The zero-order valence-electron chi connectivity index (χ0n) is 16.8. The van der Waals surface area contributed by atoms with E-state index in [0.717, 1.165) is 29.3 Å². The van der Waals surface area contributed by atoms with Crippen LogP contribution in [0.4, 0.5) is 10.8 Å². The molecule has 154 valence electrons. The molecule has 0 spiro atoms. The fourth-order valence-corrected chi connectivity index (χ4v) is 3.97. The van der Waals surface area contributed by atoms with Crippen molar-refractivity contribution in [1.29, 1.82) is 0 Å². The third kappa shape index (κ3) is 5.04. The molecule has 0 saturated carbocycles. The van der Waals surface area contributed by atoms with Gasteiger partial charge in [-0.15, -0.1) is 11.3 Å². The number of thiazole rings is 1. The van der Waals surface area contributed by atoms with Crippen molar-refractivity contribution in [2.75, 3.05) is 11.9 Å². The van der Waals surface area contributed by atoms with Gasteiger partial charge in [-0.3, -0.25) is 4.79 Å². The summed E-state index contributed by atoms with van der Waals surface area (Å²) in [6, 6.07) is 15.3. The zero-order valence-corrected chi connectivity index (χ0v) is 17.6. The van der Waals surface area contributed by atoms with E-state index in [-0.39, 0.29) is 18.5 Å². The lowest BCUT2D eigenvalue weighted by atomic mass is 10.1. The van der Waals surface area contributed by atoms with Gasteiger partial charge >= 0.3 is 5.97 Å². The van der Waals surface area contributed by atoms with Gasteiger partial charge in [0.2, 0.25) is 5.91 Å². The molecule has 0 unspecified atom stereocenters. The number of nitrogens with one attached hydrogen (secondary N) is 1. The summed E-state index contributed by atoms with van der Waals surface area (Å²) < 4.78 is 5.40. The molecule has 1 saturated heterocycles. The largest absolute Gasteiger partial charge is 0.456 e. The number of carbonyl (C=O) groups is 2. The van der Waals surface area contributed by atoms with Crippen molar-refractivity contribution >= 4 is 34.0 Å². The van der Waals surface area contributed by atoms with Crippen molar-refractivity contribution in [1.82, 2.24) is 9.88 Å². The first-order chi connectivity index (χ1) is 14.6. The normalized spacial score (nSPS) is 13.5. The number of hydrogen-bond acceptors (Lipinski definition) is 6. The molecular weight excluding hydrogens is 398 g/mol. The van der Waals surface area contributed by atoms with E-state index in [1.165, 1.54) is 16.9 Å². The molecule has 2 heterocycles. The molecule has 0 radical (unpaired) electrons. The van der Waals surface area contributed by atoms with Crippen molar-refractivity contribution in [3.8, 4) is 0 Å². The molecule has 3 aromatic rings. The van der Waals surface area contributed by atoms with Gasteiger partial charge in [-0.25, -0.2) is 9.78 Å². The number of likely N-dealkylation sites (tertiary alicyclic amines) is 1. The maximum absolute atomic E-state index is 12.3. The van der Waals surface area contributed by atoms with E-state index in [9.17, 15) is 9.59 Å². The van der Waals surface area contributed by atoms with Crippen LogP contribution < -0.4 is 5.32 Å². The van der Waals surface area contributed by atoms with E-state index >= 15 is 0 Å². The Bertz CT molecular complexity index is 1030. The average Bonchev–Trinajstić information content (AvgIpc) is 3.37. The average molecular weight is 422 g/mol. The number of benzene rings is 2. The standard InChI is InChI=1S/C23H23N3O3S/c1-16-4-10-19(11-5-16)24-23-25-20(15-30-23)14-29-22(28)18-8-6-17(7-9-18)13-26-12-2-3-21(26)27/h4-11,15H,2-3,12-14H2,1H3,(H,24,25). The van der Waals surface area contributed by atoms with E-state index in [1.807, 2.05) is 53.6 Å². The van der Waals surface area contributed by atoms with Crippen LogP contribution in [-0.4, -0.2) is 28.3 Å². The Hall–Kier alpha value is -3.19. The smallest absolute Gasteiger partial charge is 0.338 e. The first-order valence-electron chi connectivity index (χ1n) is 9.89. The highest BCUT2D eigenvalue weighted by Crippen LogP contribution is 2.22. The van der Waals surface area contributed by atoms with Crippen molar-refractivity contribution in [2.45, 2.75) is 32.9 Å². The molecule has 2 aromatic carbocycles. The first-order valence-corrected chi connectivity index (χ1v) is 10.8. The molecule has 4 rings (SSSR count). The lowest BCUT2D eigenvalue weighted by molar-refractivity contribution is -0.128. The fourth-order valence-electron chi connectivity index (χ4n) is 3.25. The maximum atomic E-state index is 12.3. The van der Waals surface area contributed by atoms with Gasteiger partial charge in [-0.1, -0.05) is 29.8 Å². The van der Waals surface area contributed by atoms with Crippen LogP contribution in [0.5, 0.6) is 0 Å². The number of aromatic nitrogens is 1. The molecule has 6 nitrogen and oxygen atoms in total. The second-order valence-corrected chi connectivity index (χ2v) is 8.19. The van der Waals surface area contributed by atoms with Gasteiger partial charge in [-0.2, -0.15) is 0 Å². The summed E-state index contributed by atoms with van der Waals surface area (Å²) in [5.74, 6) is -0.196. The first kappa shape index (κ1) is 20.1. The Morgan fingerprint density at radius 3 is 2.63 bits per heavy atom. The fraction of sp³-hybridized carbons (Fsp3) is 0.261. The van der Waals surface area contributed by atoms with Crippen LogP contribution in [0.25, 0.3) is 0 Å². The summed E-state index contributed by atoms with van der Waals surface area (Å²) in [5.41, 5.74) is 4.36. The van der Waals surface area contributed by atoms with Crippen LogP contribution >= 0.6 is 11.3 Å². The van der Waals surface area contributed by atoms with Gasteiger partial charge in [0.05, 0.1) is 11.3 Å². The molecule has 1 aliphatic rings. The van der Waals surface area contributed by atoms with Gasteiger partial charge in [0.1, 0.15) is 6.61 Å². The molecule has 30 heavy (non-hydrogen) atoms. The number of esters is 1. The van der Waals surface area contributed by atoms with Gasteiger partial charge in [0.25, 0.3) is 0 Å². The molecule has 1 aromatic heterocycles. The van der Waals surface area contributed by atoms with Crippen LogP contribution in [-0.2, 0) is 22.7 Å². The Balaban J connectivity index is 1.28. The number of carbonyl (C=O) groups excluding carboxylic acids is 2. The van der Waals surface area contributed by atoms with Crippen LogP contribution in [0.2, 0.25) is 0 Å². The van der Waals surface area contributed by atoms with E-state index in [2.05, 4.69) is 10.3 Å². The highest BCUT2D eigenvalue weighted by molar-refractivity contribution is 7.13. The summed E-state index contributed by atoms with van der Waals surface area (Å²) in [5, 5.41) is 5.88. The molecule has 1 aliphatic heterocycles. The summed E-state index contributed by atoms with van der Waals surface area (Å²) in [6.45, 7) is 3.55. The van der Waals surface area contributed by atoms with Crippen molar-refractivity contribution < 1.29 is 14.3 Å². The molecular formula is C23H23N3O3S. The van der Waals surface area contributed by atoms with E-state index in [0.29, 0.717) is 24.2 Å². The number of hydrogen-bond donors (Lipinski definition) is 1. The topological polar surface area (TPSA) is 71.5 Å². The minimum absolute atomic E-state index is 0.120. The number of rotatable bonds is 7. The third-order valence-corrected chi connectivity index (χ3v) is 5.75. The SMILES string of the molecule is Cc1ccc(Nc2nc(COC(=O)c3ccc(CN4CCCC4=O)cc3)cs2)cc1. The van der Waals surface area contributed by atoms with Gasteiger partial charge in [0.15, 0.2) is 5.13 Å². The molecule has 0 bridgehead atoms. The van der Waals surface area contributed by atoms with Crippen LogP contribution in [0.1, 0.15) is 40.0 Å². The minimum Gasteiger partial charge on any atom is -0.456 e. The zero-order chi connectivity index (χ0) is 20.9. The predicted molar refractivity (Wildman–Crippen MR) is 117 cm³/mol. The van der Waals surface area contributed by atoms with Gasteiger partial charge in [0, 0.05) is 30.6 Å². The summed E-state index contributed by atoms with van der Waals surface area (Å²) >= 11 is 1.47. The number of nitrogens with zero attached hydrogens (tertiary/aromatic N) is 2. The second kappa shape index (κ2) is 9.09. The van der Waals surface area contributed by atoms with Crippen LogP contribution in [0.15, 0.2) is 53.9 Å². The van der Waals surface area contributed by atoms with Crippen LogP contribution in [0, 0.1) is 6.92 Å². The molecule has 1 N–H and O–H groups in total. The minimum atomic E-state index is -0.389. The summed E-state index contributed by atoms with van der Waals surface area (Å²) in [4.78, 5) is 30.4. The van der Waals surface area contributed by atoms with E-state index in [1.54, 1.807) is 12.1 Å². The van der Waals surface area contributed by atoms with Gasteiger partial charge < -0.3 is 15.0 Å². The Morgan fingerprint density at radius 2 is 1.93 bits per heavy atom. The third-order valence-electron chi connectivity index (χ3n) is 4.94. The number of ether oxygens (including phenoxy) is 1. The molecule has 1 amide bonds. The summed E-state index contributed by atoms with van der Waals surface area (Å²) in [6.07, 6.45) is 1.55. The molecule has 0 aliphatic carbocycles. The van der Waals surface area contributed by atoms with Gasteiger partial charge in [-0.05, 0) is 43.2 Å². The number of amides is 1. The Morgan fingerprint density at radius 1 is 1.17 bits per heavy atom. The highest BCUT2D eigenvalue weighted by Gasteiger charge is 2.20. The van der Waals surface area contributed by atoms with Crippen molar-refractivity contribution in [3.63, 3.8) is 0 Å². The lowest BCUT2D eigenvalue weighted by Crippen LogP contribution is -2.23. The van der Waals surface area contributed by atoms with Crippen molar-refractivity contribution in [2.24, 2.45) is 0 Å². The quantitative estimate of drug-likeness (QED) is 0.561. The summed E-state index contributed by atoms with van der Waals surface area (Å²) in [7, 11) is 0. The highest BCUT2D eigenvalue weighted by atomic mass is 32.1. The maximum Gasteiger partial charge on any atom is 0.338 e. The molecule has 1 fully saturated rings. The van der Waals surface area contributed by atoms with E-state index in [4.69, 9.17) is 4.74 Å². The predicted octanol–water partition coefficient (Wildman–Crippen LogP) is 4.67. The van der Waals surface area contributed by atoms with E-state index < -0.39 is 0 Å². The molecule has 7 heteroatoms. The second-order valence-electron chi connectivity index (χ2n) is 7.33. The number of anilines is 2. The molecule has 0 atom stereocenters. The Labute approximate surface area is 179 Å². The number of aryl methyl sites for hydroxylation is 1. The Kier molecular flexibility index (Phi) is 6.09. The van der Waals surface area contributed by atoms with Crippen LogP contribution in [0.3, 0.4) is 0 Å². The monoisotopic (exact) mass is 421 g/mol.